The summed E-state index contributed by atoms with van der Waals surface area (Å²) >= 11 is 0. The summed E-state index contributed by atoms with van der Waals surface area (Å²) in [7, 11) is 0. The van der Waals surface area contributed by atoms with Crippen molar-refractivity contribution in [3.63, 3.8) is 0 Å². The van der Waals surface area contributed by atoms with Crippen molar-refractivity contribution in [2.24, 2.45) is 11.7 Å². The molecule has 6 heteroatoms. The van der Waals surface area contributed by atoms with Crippen molar-refractivity contribution in [2.45, 2.75) is 37.9 Å². The number of rotatable bonds is 5. The van der Waals surface area contributed by atoms with Crippen LogP contribution in [0.2, 0.25) is 0 Å². The van der Waals surface area contributed by atoms with Crippen molar-refractivity contribution in [2.75, 3.05) is 11.4 Å². The van der Waals surface area contributed by atoms with Gasteiger partial charge in [0.2, 0.25) is 0 Å². The van der Waals surface area contributed by atoms with Gasteiger partial charge in [0.25, 0.3) is 0 Å². The number of benzene rings is 1. The van der Waals surface area contributed by atoms with Gasteiger partial charge in [0.05, 0.1) is 5.56 Å². The largest absolute Gasteiger partial charge is 0.417 e. The van der Waals surface area contributed by atoms with Crippen LogP contribution in [0.15, 0.2) is 18.2 Å². The third-order valence-electron chi connectivity index (χ3n) is 4.07. The minimum absolute atomic E-state index is 0.221. The lowest BCUT2D eigenvalue weighted by molar-refractivity contribution is -0.137. The number of nitrogens with two attached hydrogens (primary N) is 1. The monoisotopic (exact) mass is 297 g/mol. The molecule has 0 heterocycles. The molecule has 0 aliphatic heterocycles. The molecule has 0 saturated heterocycles. The van der Waals surface area contributed by atoms with E-state index in [0.29, 0.717) is 12.0 Å². The van der Waals surface area contributed by atoms with Gasteiger partial charge in [-0.15, -0.1) is 0 Å². The fourth-order valence-corrected chi connectivity index (χ4v) is 2.61. The molecule has 21 heavy (non-hydrogen) atoms. The van der Waals surface area contributed by atoms with Gasteiger partial charge in [-0.05, 0) is 49.8 Å². The van der Waals surface area contributed by atoms with Gasteiger partial charge in [-0.1, -0.05) is 0 Å². The normalized spacial score (nSPS) is 18.6. The summed E-state index contributed by atoms with van der Waals surface area (Å²) in [6.45, 7) is 0.896. The Morgan fingerprint density at radius 1 is 1.24 bits per heavy atom. The molecule has 3 nitrogen and oxygen atoms in total. The zero-order valence-electron chi connectivity index (χ0n) is 11.6. The molecule has 0 unspecified atom stereocenters. The molecular formula is C15H18F3N3. The Morgan fingerprint density at radius 2 is 1.90 bits per heavy atom. The predicted molar refractivity (Wildman–Crippen MR) is 75.6 cm³/mol. The molecule has 0 radical (unpaired) electrons. The average Bonchev–Trinajstić information content (AvgIpc) is 3.25. The fraction of sp³-hybridized carbons (Fsp3) is 0.533. The van der Waals surface area contributed by atoms with Crippen LogP contribution < -0.4 is 10.6 Å². The highest BCUT2D eigenvalue weighted by atomic mass is 19.4. The molecule has 1 aromatic rings. The smallest absolute Gasteiger partial charge is 0.384 e. The summed E-state index contributed by atoms with van der Waals surface area (Å²) in [5.41, 5.74) is 5.05. The van der Waals surface area contributed by atoms with Crippen LogP contribution in [0.25, 0.3) is 0 Å². The second-order valence-corrected chi connectivity index (χ2v) is 5.97. The number of nitrogen functional groups attached to an aromatic ring is 1. The second-order valence-electron chi connectivity index (χ2n) is 5.97. The minimum Gasteiger partial charge on any atom is -0.384 e. The number of hydrogen-bond donors (Lipinski definition) is 2. The molecule has 2 aliphatic rings. The lowest BCUT2D eigenvalue weighted by Crippen LogP contribution is -2.29. The van der Waals surface area contributed by atoms with Crippen LogP contribution in [0.5, 0.6) is 0 Å². The fourth-order valence-electron chi connectivity index (χ4n) is 2.61. The highest BCUT2D eigenvalue weighted by Crippen LogP contribution is 2.39. The average molecular weight is 297 g/mol. The zero-order chi connectivity index (χ0) is 15.2. The number of nitrogens with one attached hydrogen (secondary N) is 1. The van der Waals surface area contributed by atoms with Crippen molar-refractivity contribution >= 4 is 11.5 Å². The Kier molecular flexibility index (Phi) is 3.34. The number of anilines is 1. The van der Waals surface area contributed by atoms with Crippen LogP contribution in [-0.4, -0.2) is 18.4 Å². The predicted octanol–water partition coefficient (Wildman–Crippen LogP) is 3.37. The Hall–Kier alpha value is -1.72. The van der Waals surface area contributed by atoms with Crippen LogP contribution in [0.3, 0.4) is 0 Å². The van der Waals surface area contributed by atoms with E-state index in [1.165, 1.54) is 25.0 Å². The molecule has 0 atom stereocenters. The topological polar surface area (TPSA) is 53.1 Å². The molecule has 2 saturated carbocycles. The molecular weight excluding hydrogens is 279 g/mol. The maximum atomic E-state index is 13.0. The third-order valence-corrected chi connectivity index (χ3v) is 4.07. The number of hydrogen-bond acceptors (Lipinski definition) is 2. The molecule has 0 spiro atoms. The quantitative estimate of drug-likeness (QED) is 0.646. The Balaban J connectivity index is 1.94. The van der Waals surface area contributed by atoms with Crippen LogP contribution >= 0.6 is 0 Å². The summed E-state index contributed by atoms with van der Waals surface area (Å²) in [5.74, 6) is 0.125. The van der Waals surface area contributed by atoms with E-state index in [2.05, 4.69) is 4.90 Å². The van der Waals surface area contributed by atoms with Crippen LogP contribution in [-0.2, 0) is 6.18 Å². The first-order valence-electron chi connectivity index (χ1n) is 7.18. The van der Waals surface area contributed by atoms with E-state index < -0.39 is 17.6 Å². The molecule has 1 aromatic carbocycles. The first-order valence-corrected chi connectivity index (χ1v) is 7.18. The van der Waals surface area contributed by atoms with Gasteiger partial charge in [0.1, 0.15) is 5.84 Å². The SMILES string of the molecule is N=C(N)c1cc(N(CC2CC2)C2CC2)ccc1C(F)(F)F. The van der Waals surface area contributed by atoms with Crippen LogP contribution in [0.4, 0.5) is 18.9 Å². The van der Waals surface area contributed by atoms with Crippen molar-refractivity contribution in [1.29, 1.82) is 5.41 Å². The van der Waals surface area contributed by atoms with E-state index in [9.17, 15) is 13.2 Å². The minimum atomic E-state index is -4.49. The first kappa shape index (κ1) is 14.2. The molecule has 0 amide bonds. The molecule has 2 aliphatic carbocycles. The van der Waals surface area contributed by atoms with Gasteiger partial charge in [-0.25, -0.2) is 0 Å². The lowest BCUT2D eigenvalue weighted by atomic mass is 10.0. The van der Waals surface area contributed by atoms with Gasteiger partial charge in [0, 0.05) is 23.8 Å². The lowest BCUT2D eigenvalue weighted by Gasteiger charge is -2.26. The molecule has 0 aromatic heterocycles. The summed E-state index contributed by atoms with van der Waals surface area (Å²) < 4.78 is 38.9. The first-order chi connectivity index (χ1) is 9.86. The number of halogens is 3. The van der Waals surface area contributed by atoms with Gasteiger partial charge in [-0.3, -0.25) is 5.41 Å². The second kappa shape index (κ2) is 4.93. The zero-order valence-corrected chi connectivity index (χ0v) is 11.6. The van der Waals surface area contributed by atoms with Crippen molar-refractivity contribution in [1.82, 2.24) is 0 Å². The molecule has 2 fully saturated rings. The van der Waals surface area contributed by atoms with Gasteiger partial charge in [-0.2, -0.15) is 13.2 Å². The Labute approximate surface area is 121 Å². The van der Waals surface area contributed by atoms with Crippen molar-refractivity contribution < 1.29 is 13.2 Å². The van der Waals surface area contributed by atoms with E-state index >= 15 is 0 Å². The highest BCUT2D eigenvalue weighted by Gasteiger charge is 2.37. The van der Waals surface area contributed by atoms with E-state index in [-0.39, 0.29) is 5.56 Å². The molecule has 0 bridgehead atoms. The van der Waals surface area contributed by atoms with E-state index in [4.69, 9.17) is 11.1 Å². The maximum absolute atomic E-state index is 13.0. The summed E-state index contributed by atoms with van der Waals surface area (Å²) in [5, 5.41) is 7.43. The Morgan fingerprint density at radius 3 is 2.38 bits per heavy atom. The summed E-state index contributed by atoms with van der Waals surface area (Å²) in [6.07, 6.45) is 0.0829. The highest BCUT2D eigenvalue weighted by molar-refractivity contribution is 5.97. The van der Waals surface area contributed by atoms with Crippen molar-refractivity contribution in [3.8, 4) is 0 Å². The van der Waals surface area contributed by atoms with E-state index in [0.717, 1.165) is 31.1 Å². The van der Waals surface area contributed by atoms with E-state index in [1.807, 2.05) is 0 Å². The van der Waals surface area contributed by atoms with E-state index in [1.54, 1.807) is 0 Å². The maximum Gasteiger partial charge on any atom is 0.417 e. The molecule has 3 N–H and O–H groups in total. The molecule has 3 rings (SSSR count). The van der Waals surface area contributed by atoms with Crippen LogP contribution in [0.1, 0.15) is 36.8 Å². The van der Waals surface area contributed by atoms with Crippen molar-refractivity contribution in [3.05, 3.63) is 29.3 Å². The molecule has 114 valence electrons. The van der Waals surface area contributed by atoms with Gasteiger partial charge >= 0.3 is 6.18 Å². The van der Waals surface area contributed by atoms with Gasteiger partial charge in [0.15, 0.2) is 0 Å². The third kappa shape index (κ3) is 3.14. The summed E-state index contributed by atoms with van der Waals surface area (Å²) in [6, 6.07) is 4.41. The number of amidine groups is 1. The van der Waals surface area contributed by atoms with Gasteiger partial charge < -0.3 is 10.6 Å². The standard InChI is InChI=1S/C15H18F3N3/c16-15(17,18)13-6-5-11(7-12(13)14(19)20)21(10-3-4-10)8-9-1-2-9/h5-7,9-10H,1-4,8H2,(H3,19,20). The number of alkyl halides is 3. The number of nitrogens with zero attached hydrogens (tertiary/aromatic N) is 1. The summed E-state index contributed by atoms with van der Waals surface area (Å²) in [4.78, 5) is 2.18. The Bertz CT molecular complexity index is 560. The van der Waals surface area contributed by atoms with Crippen LogP contribution in [0, 0.1) is 11.3 Å².